The number of hydrogen-bond acceptors (Lipinski definition) is 4. The number of imidazole rings is 1. The van der Waals surface area contributed by atoms with E-state index >= 15 is 0 Å². The number of furan rings is 1. The van der Waals surface area contributed by atoms with Gasteiger partial charge in [-0.3, -0.25) is 9.20 Å². The molecule has 6 nitrogen and oxygen atoms in total. The smallest absolute Gasteiger partial charge is 0.464 e. The average molecular weight is 504 g/mol. The molecule has 0 saturated carbocycles. The van der Waals surface area contributed by atoms with Gasteiger partial charge in [0.15, 0.2) is 11.3 Å². The van der Waals surface area contributed by atoms with E-state index in [0.29, 0.717) is 0 Å². The van der Waals surface area contributed by atoms with Crippen molar-refractivity contribution in [1.82, 2.24) is 14.7 Å². The molecule has 34 heavy (non-hydrogen) atoms. The molecule has 0 aliphatic heterocycles. The minimum atomic E-state index is -4.95. The maximum absolute atomic E-state index is 13.7. The summed E-state index contributed by atoms with van der Waals surface area (Å²) in [5, 5.41) is 1.87. The van der Waals surface area contributed by atoms with Crippen LogP contribution in [0, 0.1) is 0 Å². The number of nitrogens with zero attached hydrogens (tertiary/aromatic N) is 2. The molecule has 0 unspecified atom stereocenters. The molecular formula is C21H12ClF6N3O3. The van der Waals surface area contributed by atoms with Crippen LogP contribution in [0.15, 0.2) is 59.3 Å². The number of nitrogens with one attached hydrogen (secondary N) is 1. The van der Waals surface area contributed by atoms with Gasteiger partial charge in [0.2, 0.25) is 0 Å². The Kier molecular flexibility index (Phi) is 5.94. The van der Waals surface area contributed by atoms with Crippen molar-refractivity contribution in [2.75, 3.05) is 0 Å². The van der Waals surface area contributed by atoms with Crippen LogP contribution in [0.2, 0.25) is 5.15 Å². The first kappa shape index (κ1) is 23.5. The van der Waals surface area contributed by atoms with Gasteiger partial charge in [0, 0.05) is 23.9 Å². The van der Waals surface area contributed by atoms with E-state index in [1.54, 1.807) is 0 Å². The van der Waals surface area contributed by atoms with Gasteiger partial charge in [-0.25, -0.2) is 4.98 Å². The van der Waals surface area contributed by atoms with E-state index in [1.165, 1.54) is 42.8 Å². The number of alkyl halides is 6. The number of pyridine rings is 1. The number of para-hydroxylation sites is 1. The van der Waals surface area contributed by atoms with E-state index in [9.17, 15) is 31.1 Å². The van der Waals surface area contributed by atoms with Crippen LogP contribution < -0.4 is 10.1 Å². The van der Waals surface area contributed by atoms with E-state index in [4.69, 9.17) is 16.0 Å². The number of fused-ring (bicyclic) bond motifs is 1. The van der Waals surface area contributed by atoms with Gasteiger partial charge < -0.3 is 14.5 Å². The Balaban J connectivity index is 1.68. The van der Waals surface area contributed by atoms with Gasteiger partial charge >= 0.3 is 12.5 Å². The van der Waals surface area contributed by atoms with Crippen LogP contribution in [-0.2, 0) is 12.7 Å². The number of halogens is 7. The summed E-state index contributed by atoms with van der Waals surface area (Å²) >= 11 is 6.18. The van der Waals surface area contributed by atoms with Crippen molar-refractivity contribution in [2.24, 2.45) is 0 Å². The Labute approximate surface area is 191 Å². The monoisotopic (exact) mass is 503 g/mol. The van der Waals surface area contributed by atoms with Crippen LogP contribution in [0.5, 0.6) is 5.75 Å². The van der Waals surface area contributed by atoms with Crippen molar-refractivity contribution < 1.29 is 40.3 Å². The molecule has 0 spiro atoms. The molecule has 0 aliphatic rings. The second-order valence-electron chi connectivity index (χ2n) is 6.90. The van der Waals surface area contributed by atoms with Crippen LogP contribution in [0.3, 0.4) is 0 Å². The number of benzene rings is 1. The lowest BCUT2D eigenvalue weighted by atomic mass is 10.1. The molecule has 1 N–H and O–H groups in total. The van der Waals surface area contributed by atoms with Gasteiger partial charge in [-0.2, -0.15) is 13.2 Å². The largest absolute Gasteiger partial charge is 0.573 e. The van der Waals surface area contributed by atoms with Gasteiger partial charge in [0.25, 0.3) is 5.91 Å². The lowest BCUT2D eigenvalue weighted by Crippen LogP contribution is -2.25. The zero-order valence-electron chi connectivity index (χ0n) is 16.7. The fourth-order valence-corrected chi connectivity index (χ4v) is 3.44. The van der Waals surface area contributed by atoms with E-state index in [2.05, 4.69) is 15.0 Å². The third kappa shape index (κ3) is 4.81. The molecule has 0 bridgehead atoms. The zero-order valence-corrected chi connectivity index (χ0v) is 17.4. The molecule has 13 heteroatoms. The molecule has 3 heterocycles. The summed E-state index contributed by atoms with van der Waals surface area (Å²) in [7, 11) is 0. The molecule has 1 amide bonds. The lowest BCUT2D eigenvalue weighted by Gasteiger charge is -2.13. The highest BCUT2D eigenvalue weighted by Crippen LogP contribution is 2.37. The standard InChI is InChI=1S/C21H12ClF6N3O3/c22-17-16(19(32)29-9-11-4-1-2-5-15(11)34-21(26,27)28)30-18-13(20(23,24)25)8-12(10-31(17)18)14-6-3-7-33-14/h1-8,10H,9H2,(H,29,32). The van der Waals surface area contributed by atoms with Crippen LogP contribution in [0.25, 0.3) is 17.0 Å². The topological polar surface area (TPSA) is 68.8 Å². The summed E-state index contributed by atoms with van der Waals surface area (Å²) in [6.45, 7) is -0.431. The Morgan fingerprint density at radius 1 is 1.12 bits per heavy atom. The van der Waals surface area contributed by atoms with Crippen molar-refractivity contribution >= 4 is 23.2 Å². The fourth-order valence-electron chi connectivity index (χ4n) is 3.18. The predicted molar refractivity (Wildman–Crippen MR) is 107 cm³/mol. The van der Waals surface area contributed by atoms with Crippen molar-refractivity contribution in [3.8, 4) is 17.1 Å². The highest BCUT2D eigenvalue weighted by atomic mass is 35.5. The van der Waals surface area contributed by atoms with Gasteiger partial charge in [-0.15, -0.1) is 13.2 Å². The molecule has 4 rings (SSSR count). The van der Waals surface area contributed by atoms with Gasteiger partial charge in [0.05, 0.1) is 11.8 Å². The third-order valence-electron chi connectivity index (χ3n) is 4.63. The maximum atomic E-state index is 13.7. The number of amides is 1. The highest BCUT2D eigenvalue weighted by molar-refractivity contribution is 6.33. The Bertz CT molecular complexity index is 1350. The molecule has 178 valence electrons. The molecule has 4 aromatic rings. The molecule has 0 atom stereocenters. The van der Waals surface area contributed by atoms with Crippen molar-refractivity contribution in [3.63, 3.8) is 0 Å². The zero-order chi connectivity index (χ0) is 24.7. The molecular weight excluding hydrogens is 492 g/mol. The van der Waals surface area contributed by atoms with Crippen molar-refractivity contribution in [1.29, 1.82) is 0 Å². The first-order chi connectivity index (χ1) is 15.9. The molecule has 0 fully saturated rings. The van der Waals surface area contributed by atoms with Crippen LogP contribution >= 0.6 is 11.6 Å². The number of ether oxygens (including phenoxy) is 1. The van der Waals surface area contributed by atoms with E-state index in [-0.39, 0.29) is 16.9 Å². The minimum Gasteiger partial charge on any atom is -0.464 e. The quantitative estimate of drug-likeness (QED) is 0.334. The maximum Gasteiger partial charge on any atom is 0.573 e. The second kappa shape index (κ2) is 8.60. The SMILES string of the molecule is O=C(NCc1ccccc1OC(F)(F)F)c1nc2c(C(F)(F)F)cc(-c3ccco3)cn2c1Cl. The number of aromatic nitrogens is 2. The van der Waals surface area contributed by atoms with Gasteiger partial charge in [-0.1, -0.05) is 29.8 Å². The number of hydrogen-bond donors (Lipinski definition) is 1. The van der Waals surface area contributed by atoms with Crippen LogP contribution in [0.1, 0.15) is 21.6 Å². The van der Waals surface area contributed by atoms with Gasteiger partial charge in [-0.05, 0) is 24.3 Å². The summed E-state index contributed by atoms with van der Waals surface area (Å²) < 4.78 is 88.8. The summed E-state index contributed by atoms with van der Waals surface area (Å²) in [4.78, 5) is 16.4. The van der Waals surface area contributed by atoms with Crippen molar-refractivity contribution in [2.45, 2.75) is 19.1 Å². The van der Waals surface area contributed by atoms with Gasteiger partial charge in [0.1, 0.15) is 16.7 Å². The fraction of sp³-hybridized carbons (Fsp3) is 0.143. The second-order valence-corrected chi connectivity index (χ2v) is 7.26. The van der Waals surface area contributed by atoms with Crippen LogP contribution in [0.4, 0.5) is 26.3 Å². The first-order valence-corrected chi connectivity index (χ1v) is 9.76. The number of carbonyl (C=O) groups excluding carboxylic acids is 1. The molecule has 0 radical (unpaired) electrons. The first-order valence-electron chi connectivity index (χ1n) is 9.38. The highest BCUT2D eigenvalue weighted by Gasteiger charge is 2.36. The summed E-state index contributed by atoms with van der Waals surface area (Å²) in [5.41, 5.74) is -2.32. The lowest BCUT2D eigenvalue weighted by molar-refractivity contribution is -0.274. The Hall–Kier alpha value is -3.67. The molecule has 1 aromatic carbocycles. The normalized spacial score (nSPS) is 12.2. The number of rotatable bonds is 5. The summed E-state index contributed by atoms with van der Waals surface area (Å²) in [6.07, 6.45) is -7.28. The summed E-state index contributed by atoms with van der Waals surface area (Å²) in [6, 6.07) is 8.81. The van der Waals surface area contributed by atoms with E-state index in [1.807, 2.05) is 0 Å². The predicted octanol–water partition coefficient (Wildman–Crippen LogP) is 6.10. The molecule has 3 aromatic heterocycles. The molecule has 0 aliphatic carbocycles. The average Bonchev–Trinajstić information content (AvgIpc) is 3.39. The van der Waals surface area contributed by atoms with Crippen molar-refractivity contribution in [3.05, 3.63) is 76.9 Å². The minimum absolute atomic E-state index is 0.0239. The third-order valence-corrected chi connectivity index (χ3v) is 4.99. The Morgan fingerprint density at radius 2 is 1.85 bits per heavy atom. The van der Waals surface area contributed by atoms with E-state index < -0.39 is 52.8 Å². The van der Waals surface area contributed by atoms with Crippen LogP contribution in [-0.4, -0.2) is 21.7 Å². The van der Waals surface area contributed by atoms with E-state index in [0.717, 1.165) is 16.5 Å². The number of carbonyl (C=O) groups is 1. The Morgan fingerprint density at radius 3 is 2.50 bits per heavy atom. The summed E-state index contributed by atoms with van der Waals surface area (Å²) in [5.74, 6) is -1.41. The molecule has 0 saturated heterocycles.